The van der Waals surface area contributed by atoms with Crippen LogP contribution in [-0.2, 0) is 9.59 Å². The molecule has 1 unspecified atom stereocenters. The number of nitrogens with zero attached hydrogens (tertiary/aromatic N) is 8. The molecule has 16 nitrogen and oxygen atoms in total. The summed E-state index contributed by atoms with van der Waals surface area (Å²) in [5.74, 6) is -5.72. The van der Waals surface area contributed by atoms with Crippen LogP contribution in [0.5, 0.6) is 0 Å². The van der Waals surface area contributed by atoms with Crippen LogP contribution < -0.4 is 26.0 Å². The number of piperidine rings is 2. The average Bonchev–Trinajstić information content (AvgIpc) is 3.89. The molecule has 60 heavy (non-hydrogen) atoms. The quantitative estimate of drug-likeness (QED) is 0.182. The number of Topliss-reactive ketones (excluding diaryl/α,β-unsaturated/α-hetero) is 1. The Morgan fingerprint density at radius 3 is 2.35 bits per heavy atom. The predicted molar refractivity (Wildman–Crippen MR) is 220 cm³/mol. The molecule has 1 aliphatic carbocycles. The summed E-state index contributed by atoms with van der Waals surface area (Å²) in [7, 11) is 0. The summed E-state index contributed by atoms with van der Waals surface area (Å²) in [6.07, 6.45) is 7.05. The first-order valence-electron chi connectivity index (χ1n) is 24.0. The summed E-state index contributed by atoms with van der Waals surface area (Å²) in [6, 6.07) is 3.69. The highest BCUT2D eigenvalue weighted by Crippen LogP contribution is 2.35. The van der Waals surface area contributed by atoms with Crippen LogP contribution >= 0.6 is 0 Å². The largest absolute Gasteiger partial charge is 0.370 e. The van der Waals surface area contributed by atoms with Crippen LogP contribution in [0.3, 0.4) is 0 Å². The van der Waals surface area contributed by atoms with Crippen molar-refractivity contribution in [1.82, 2.24) is 34.6 Å². The zero-order valence-corrected chi connectivity index (χ0v) is 32.9. The number of ketones is 1. The van der Waals surface area contributed by atoms with Crippen molar-refractivity contribution in [2.24, 2.45) is 5.92 Å². The van der Waals surface area contributed by atoms with Gasteiger partial charge in [-0.05, 0) is 81.7 Å². The minimum Gasteiger partial charge on any atom is -0.370 e. The summed E-state index contributed by atoms with van der Waals surface area (Å²) >= 11 is 0. The lowest BCUT2D eigenvalue weighted by atomic mass is 9.95. The lowest BCUT2D eigenvalue weighted by Crippen LogP contribution is -2.54. The van der Waals surface area contributed by atoms with E-state index in [1.807, 2.05) is 16.3 Å². The molecule has 4 aromatic rings. The van der Waals surface area contributed by atoms with E-state index in [2.05, 4.69) is 15.3 Å². The van der Waals surface area contributed by atoms with Crippen LogP contribution in [0.15, 0.2) is 41.5 Å². The van der Waals surface area contributed by atoms with E-state index >= 15 is 4.39 Å². The lowest BCUT2D eigenvalue weighted by Gasteiger charge is -2.40. The highest BCUT2D eigenvalue weighted by Gasteiger charge is 2.46. The number of aryl methyl sites for hydroxylation is 1. The van der Waals surface area contributed by atoms with E-state index in [0.717, 1.165) is 43.5 Å². The van der Waals surface area contributed by atoms with Gasteiger partial charge in [0.2, 0.25) is 17.8 Å². The Balaban J connectivity index is 0.891. The number of fused-ring (bicyclic) bond motifs is 2. The minimum atomic E-state index is -3.49. The van der Waals surface area contributed by atoms with Crippen molar-refractivity contribution in [2.75, 3.05) is 60.7 Å². The number of hydrogen-bond acceptors (Lipinski definition) is 13. The van der Waals surface area contributed by atoms with Gasteiger partial charge >= 0.3 is 0 Å². The number of piperazine rings is 1. The van der Waals surface area contributed by atoms with Crippen molar-refractivity contribution in [3.8, 4) is 0 Å². The number of anilines is 4. The highest BCUT2D eigenvalue weighted by molar-refractivity contribution is 6.24. The van der Waals surface area contributed by atoms with Crippen LogP contribution in [0, 0.1) is 18.7 Å². The summed E-state index contributed by atoms with van der Waals surface area (Å²) < 4.78 is 90.2. The monoisotopic (exact) mass is 826 g/mol. The van der Waals surface area contributed by atoms with Crippen molar-refractivity contribution < 1.29 is 39.3 Å². The minimum absolute atomic E-state index is 0.000125. The van der Waals surface area contributed by atoms with E-state index < -0.39 is 90.8 Å². The molecule has 7 heterocycles. The van der Waals surface area contributed by atoms with Gasteiger partial charge in [-0.1, -0.05) is 12.8 Å². The van der Waals surface area contributed by atoms with Crippen LogP contribution in [0.2, 0.25) is 0 Å². The van der Waals surface area contributed by atoms with E-state index in [1.165, 1.54) is 6.92 Å². The number of imide groups is 2. The van der Waals surface area contributed by atoms with Gasteiger partial charge in [0.25, 0.3) is 17.4 Å². The molecule has 1 aromatic carbocycles. The lowest BCUT2D eigenvalue weighted by molar-refractivity contribution is -0.136. The molecule has 3 saturated heterocycles. The van der Waals surface area contributed by atoms with E-state index in [-0.39, 0.29) is 46.6 Å². The Morgan fingerprint density at radius 2 is 1.67 bits per heavy atom. The zero-order chi connectivity index (χ0) is 49.0. The molecule has 0 spiro atoms. The Hall–Kier alpha value is -6.10. The van der Waals surface area contributed by atoms with Gasteiger partial charge in [-0.15, -0.1) is 0 Å². The Bertz CT molecular complexity index is 2840. The summed E-state index contributed by atoms with van der Waals surface area (Å²) in [4.78, 5) is 94.0. The second kappa shape index (κ2) is 15.8. The van der Waals surface area contributed by atoms with Crippen LogP contribution in [0.1, 0.15) is 112 Å². The number of halogens is 1. The molecule has 9 rings (SSSR count). The molecular weight excluding hydrogens is 772 g/mol. The third-order valence-corrected chi connectivity index (χ3v) is 12.0. The third kappa shape index (κ3) is 7.07. The number of aromatic nitrogens is 4. The number of carbonyl (C=O) groups is 5. The number of pyridine rings is 2. The molecule has 2 N–H and O–H groups in total. The van der Waals surface area contributed by atoms with Crippen molar-refractivity contribution in [3.05, 3.63) is 75.1 Å². The first-order valence-corrected chi connectivity index (χ1v) is 20.0. The van der Waals surface area contributed by atoms with Gasteiger partial charge in [-0.25, -0.2) is 14.4 Å². The van der Waals surface area contributed by atoms with Gasteiger partial charge in [-0.3, -0.25) is 48.5 Å². The van der Waals surface area contributed by atoms with Gasteiger partial charge in [-0.2, -0.15) is 4.98 Å². The van der Waals surface area contributed by atoms with E-state index in [9.17, 15) is 28.8 Å². The molecular formula is C43H47FN10O6. The molecule has 4 fully saturated rings. The second-order valence-corrected chi connectivity index (χ2v) is 15.7. The fraction of sp³-hybridized carbons (Fsp3) is 0.465. The number of amides is 4. The molecule has 1 saturated carbocycles. The van der Waals surface area contributed by atoms with Crippen molar-refractivity contribution >= 4 is 63.6 Å². The molecule has 5 aliphatic rings. The molecule has 0 radical (unpaired) electrons. The number of benzene rings is 1. The number of hydrogen-bond donors (Lipinski definition) is 2. The van der Waals surface area contributed by atoms with E-state index in [4.69, 9.17) is 16.0 Å². The number of carbonyl (C=O) groups excluding carboxylic acids is 5. The molecule has 312 valence electrons. The normalized spacial score (nSPS) is 26.0. The summed E-state index contributed by atoms with van der Waals surface area (Å²) in [5.41, 5.74) is -0.998. The van der Waals surface area contributed by atoms with Gasteiger partial charge in [0, 0.05) is 75.2 Å². The number of nitrogens with one attached hydrogen (secondary N) is 2. The number of rotatable bonds is 9. The fourth-order valence-corrected chi connectivity index (χ4v) is 8.87. The average molecular weight is 827 g/mol. The molecule has 1 atom stereocenters. The maximum atomic E-state index is 16.6. The Labute approximate surface area is 356 Å². The molecule has 4 aliphatic heterocycles. The highest BCUT2D eigenvalue weighted by atomic mass is 19.1. The Morgan fingerprint density at radius 1 is 0.917 bits per heavy atom. The molecule has 4 amide bonds. The van der Waals surface area contributed by atoms with Gasteiger partial charge in [0.05, 0.1) is 39.7 Å². The third-order valence-electron chi connectivity index (χ3n) is 12.0. The standard InChI is InChI=1S/C43H47FN10O6/c1-24-30-22-46-43(49-38(30)53(27-5-3-4-6-27)41(59)35(24)25(2)55)47-33-11-7-28(21-45-33)51-15-13-26(14-16-51)23-50-17-19-52(20-18-50)31-9-8-29-36(37(31)44)42(60)54(40(29)58)32-10-12-34(56)48-39(32)57/h7-9,11,21-22,26-27,32H,3-6,10,12-20,23H2,1-2H3,(H,48,56,57)(H,45,46,47,49)/i17D2,18D2,19D2,20D2. The SMILES string of the molecule is [2H]C1([2H])N(CC2CCN(c3ccc(Nc4ncc5c(C)c(C(C)=O)c(=O)n(C6CCCC6)c5n4)nc3)CC2)C([2H])([2H])C([2H])([2H])N(c2ccc3c(c2F)C(=O)N(C2CCC(=O)NC2=O)C3=O)C1([2H])[2H]. The first kappa shape index (κ1) is 30.9. The van der Waals surface area contributed by atoms with Crippen molar-refractivity contribution in [3.63, 3.8) is 0 Å². The first-order chi connectivity index (χ1) is 32.0. The van der Waals surface area contributed by atoms with Gasteiger partial charge < -0.3 is 15.1 Å². The maximum Gasteiger partial charge on any atom is 0.265 e. The van der Waals surface area contributed by atoms with E-state index in [0.29, 0.717) is 58.1 Å². The van der Waals surface area contributed by atoms with Crippen molar-refractivity contribution in [1.29, 1.82) is 0 Å². The molecule has 17 heteroatoms. The Kier molecular flexibility index (Phi) is 8.14. The van der Waals surface area contributed by atoms with Crippen LogP contribution in [0.25, 0.3) is 11.0 Å². The molecule has 0 bridgehead atoms. The second-order valence-electron chi connectivity index (χ2n) is 15.7. The van der Waals surface area contributed by atoms with Crippen LogP contribution in [0.4, 0.5) is 27.5 Å². The van der Waals surface area contributed by atoms with Gasteiger partial charge in [0.15, 0.2) is 11.6 Å². The summed E-state index contributed by atoms with van der Waals surface area (Å²) in [6.45, 7) is -10.1. The fourth-order valence-electron chi connectivity index (χ4n) is 8.87. The predicted octanol–water partition coefficient (Wildman–Crippen LogP) is 4.14. The van der Waals surface area contributed by atoms with E-state index in [1.54, 1.807) is 30.0 Å². The maximum absolute atomic E-state index is 16.6. The smallest absolute Gasteiger partial charge is 0.265 e. The molecule has 3 aromatic heterocycles. The van der Waals surface area contributed by atoms with Crippen molar-refractivity contribution in [2.45, 2.75) is 77.3 Å². The summed E-state index contributed by atoms with van der Waals surface area (Å²) in [5, 5.41) is 5.73. The van der Waals surface area contributed by atoms with Crippen LogP contribution in [-0.4, -0.2) is 110 Å². The zero-order valence-electron chi connectivity index (χ0n) is 40.9. The van der Waals surface area contributed by atoms with Gasteiger partial charge in [0.1, 0.15) is 17.5 Å². The topological polar surface area (TPSA) is 183 Å².